The SMILES string of the molecule is CC[N-]C.C[c-]1cccc1.[Os].[Ru+2]. The number of rotatable bonds is 1. The van der Waals surface area contributed by atoms with Crippen LogP contribution in [-0.2, 0) is 39.3 Å². The molecule has 0 aliphatic carbocycles. The van der Waals surface area contributed by atoms with Gasteiger partial charge in [-0.2, -0.15) is 31.3 Å². The van der Waals surface area contributed by atoms with Crippen molar-refractivity contribution in [3.8, 4) is 0 Å². The Bertz CT molecular complexity index is 138. The van der Waals surface area contributed by atoms with Gasteiger partial charge in [0.25, 0.3) is 0 Å². The maximum atomic E-state index is 3.74. The monoisotopic (exact) mass is 431 g/mol. The number of hydrogen-bond acceptors (Lipinski definition) is 0. The van der Waals surface area contributed by atoms with Gasteiger partial charge >= 0.3 is 19.5 Å². The average Bonchev–Trinajstić information content (AvgIpc) is 2.40. The first-order chi connectivity index (χ1) is 4.81. The van der Waals surface area contributed by atoms with Crippen molar-refractivity contribution in [2.24, 2.45) is 0 Å². The Morgan fingerprint density at radius 2 is 1.58 bits per heavy atom. The van der Waals surface area contributed by atoms with Crippen molar-refractivity contribution in [2.75, 3.05) is 13.6 Å². The molecular weight excluding hydrogens is 413 g/mol. The number of hydrogen-bond donors (Lipinski definition) is 0. The van der Waals surface area contributed by atoms with Crippen LogP contribution in [-0.4, -0.2) is 13.6 Å². The van der Waals surface area contributed by atoms with Crippen LogP contribution in [0.25, 0.3) is 5.32 Å². The fourth-order valence-corrected chi connectivity index (χ4v) is 0.470. The van der Waals surface area contributed by atoms with E-state index in [2.05, 4.69) is 24.4 Å². The van der Waals surface area contributed by atoms with Crippen molar-refractivity contribution in [1.29, 1.82) is 0 Å². The van der Waals surface area contributed by atoms with Crippen molar-refractivity contribution < 1.29 is 39.3 Å². The Balaban J connectivity index is -0.000000124. The molecule has 0 N–H and O–H groups in total. The standard InChI is InChI=1S/C6H7.C3H8N.Os.Ru/c1-6-4-2-3-5-6;1-3-4-2;;/h2-5H,1H3;3H2,1-2H3;;/q2*-1;;+2. The van der Waals surface area contributed by atoms with E-state index in [1.807, 2.05) is 19.1 Å². The minimum atomic E-state index is 0. The molecule has 3 heteroatoms. The van der Waals surface area contributed by atoms with E-state index >= 15 is 0 Å². The van der Waals surface area contributed by atoms with Crippen LogP contribution >= 0.6 is 0 Å². The maximum absolute atomic E-state index is 3.74. The third-order valence-electron chi connectivity index (χ3n) is 1.15. The molecule has 12 heavy (non-hydrogen) atoms. The molecule has 0 unspecified atom stereocenters. The van der Waals surface area contributed by atoms with Gasteiger partial charge in [0, 0.05) is 19.8 Å². The first-order valence-corrected chi connectivity index (χ1v) is 3.55. The van der Waals surface area contributed by atoms with Crippen LogP contribution in [0.15, 0.2) is 24.3 Å². The molecule has 0 aliphatic rings. The third kappa shape index (κ3) is 13.2. The summed E-state index contributed by atoms with van der Waals surface area (Å²) >= 11 is 0. The van der Waals surface area contributed by atoms with E-state index in [9.17, 15) is 0 Å². The largest absolute Gasteiger partial charge is 2.00 e. The molecule has 1 aromatic carbocycles. The predicted octanol–water partition coefficient (Wildman–Crippen LogP) is 2.72. The fraction of sp³-hybridized carbons (Fsp3) is 0.444. The Labute approximate surface area is 101 Å². The van der Waals surface area contributed by atoms with Crippen LogP contribution in [0, 0.1) is 6.92 Å². The maximum Gasteiger partial charge on any atom is 2.00 e. The first kappa shape index (κ1) is 18.4. The molecule has 72 valence electrons. The molecule has 0 amide bonds. The van der Waals surface area contributed by atoms with Gasteiger partial charge in [-0.3, -0.25) is 0 Å². The van der Waals surface area contributed by atoms with Gasteiger partial charge < -0.3 is 5.32 Å². The summed E-state index contributed by atoms with van der Waals surface area (Å²) in [7, 11) is 1.81. The number of aryl methyl sites for hydroxylation is 1. The summed E-state index contributed by atoms with van der Waals surface area (Å²) < 4.78 is 0. The second-order valence-electron chi connectivity index (χ2n) is 2.09. The smallest absolute Gasteiger partial charge is 0.665 e. The summed E-state index contributed by atoms with van der Waals surface area (Å²) in [6, 6.07) is 8.24. The summed E-state index contributed by atoms with van der Waals surface area (Å²) in [6.45, 7) is 5.04. The Kier molecular flexibility index (Phi) is 21.6. The summed E-state index contributed by atoms with van der Waals surface area (Å²) in [4.78, 5) is 0. The van der Waals surface area contributed by atoms with E-state index in [0.29, 0.717) is 0 Å². The second-order valence-corrected chi connectivity index (χ2v) is 2.09. The van der Waals surface area contributed by atoms with Gasteiger partial charge in [-0.05, 0) is 0 Å². The number of nitrogens with zero attached hydrogens (tertiary/aromatic N) is 1. The van der Waals surface area contributed by atoms with Crippen molar-refractivity contribution >= 4 is 0 Å². The van der Waals surface area contributed by atoms with E-state index in [1.54, 1.807) is 7.05 Å². The van der Waals surface area contributed by atoms with E-state index < -0.39 is 0 Å². The van der Waals surface area contributed by atoms with Crippen molar-refractivity contribution in [3.63, 3.8) is 0 Å². The molecule has 0 aromatic heterocycles. The van der Waals surface area contributed by atoms with E-state index in [4.69, 9.17) is 0 Å². The van der Waals surface area contributed by atoms with E-state index in [-0.39, 0.29) is 39.3 Å². The fourth-order valence-electron chi connectivity index (χ4n) is 0.470. The molecule has 0 aliphatic heterocycles. The first-order valence-electron chi connectivity index (χ1n) is 3.55. The third-order valence-corrected chi connectivity index (χ3v) is 1.15. The molecule has 0 radical (unpaired) electrons. The van der Waals surface area contributed by atoms with Crippen molar-refractivity contribution in [3.05, 3.63) is 35.1 Å². The molecule has 0 bridgehead atoms. The minimum absolute atomic E-state index is 0. The van der Waals surface area contributed by atoms with Crippen LogP contribution in [0.2, 0.25) is 0 Å². The quantitative estimate of drug-likeness (QED) is 0.483. The van der Waals surface area contributed by atoms with Gasteiger partial charge in [-0.25, -0.2) is 12.1 Å². The van der Waals surface area contributed by atoms with Gasteiger partial charge in [0.2, 0.25) is 0 Å². The van der Waals surface area contributed by atoms with Gasteiger partial charge in [0.1, 0.15) is 0 Å². The van der Waals surface area contributed by atoms with Crippen LogP contribution in [0.1, 0.15) is 12.5 Å². The predicted molar refractivity (Wildman–Crippen MR) is 46.6 cm³/mol. The summed E-state index contributed by atoms with van der Waals surface area (Å²) in [6.07, 6.45) is 0. The summed E-state index contributed by atoms with van der Waals surface area (Å²) in [5.41, 5.74) is 1.34. The molecule has 0 saturated heterocycles. The molecule has 1 aromatic rings. The minimum Gasteiger partial charge on any atom is -0.665 e. The molecular formula is C9H15NOsRu. The zero-order valence-electron chi connectivity index (χ0n) is 7.67. The van der Waals surface area contributed by atoms with Gasteiger partial charge in [0.05, 0.1) is 0 Å². The second kappa shape index (κ2) is 14.1. The molecule has 0 saturated carbocycles. The van der Waals surface area contributed by atoms with Crippen molar-refractivity contribution in [2.45, 2.75) is 13.8 Å². The van der Waals surface area contributed by atoms with Crippen LogP contribution in [0.3, 0.4) is 0 Å². The van der Waals surface area contributed by atoms with Crippen LogP contribution in [0.4, 0.5) is 0 Å². The zero-order valence-corrected chi connectivity index (χ0v) is 11.9. The molecule has 0 fully saturated rings. The van der Waals surface area contributed by atoms with Gasteiger partial charge in [-0.1, -0.05) is 13.8 Å². The average molecular weight is 429 g/mol. The van der Waals surface area contributed by atoms with Crippen LogP contribution < -0.4 is 0 Å². The van der Waals surface area contributed by atoms with E-state index in [0.717, 1.165) is 6.54 Å². The molecule has 0 heterocycles. The molecule has 0 atom stereocenters. The topological polar surface area (TPSA) is 14.1 Å². The zero-order chi connectivity index (χ0) is 7.82. The van der Waals surface area contributed by atoms with Crippen molar-refractivity contribution in [1.82, 2.24) is 0 Å². The summed E-state index contributed by atoms with van der Waals surface area (Å²) in [5, 5.41) is 3.74. The van der Waals surface area contributed by atoms with E-state index in [1.165, 1.54) is 5.56 Å². The molecule has 1 nitrogen and oxygen atoms in total. The Morgan fingerprint density at radius 3 is 1.67 bits per heavy atom. The van der Waals surface area contributed by atoms with Gasteiger partial charge in [0.15, 0.2) is 0 Å². The van der Waals surface area contributed by atoms with Gasteiger partial charge in [-0.15, -0.1) is 0 Å². The Hall–Kier alpha value is 0.570. The molecule has 0 spiro atoms. The summed E-state index contributed by atoms with van der Waals surface area (Å²) in [5.74, 6) is 0. The Morgan fingerprint density at radius 1 is 1.25 bits per heavy atom. The normalized spacial score (nSPS) is 6.92. The molecule has 1 rings (SSSR count). The van der Waals surface area contributed by atoms with Crippen LogP contribution in [0.5, 0.6) is 0 Å².